The van der Waals surface area contributed by atoms with E-state index in [0.717, 1.165) is 31.2 Å². The molecule has 2 N–H and O–H groups in total. The van der Waals surface area contributed by atoms with E-state index in [2.05, 4.69) is 33.0 Å². The molecule has 2 heteroatoms. The molecule has 2 bridgehead atoms. The van der Waals surface area contributed by atoms with Crippen molar-refractivity contribution >= 4 is 0 Å². The van der Waals surface area contributed by atoms with Gasteiger partial charge in [0, 0.05) is 12.6 Å². The second-order valence-electron chi connectivity index (χ2n) is 9.14. The van der Waals surface area contributed by atoms with Gasteiger partial charge in [-0.3, -0.25) is 0 Å². The van der Waals surface area contributed by atoms with Crippen LogP contribution in [0.3, 0.4) is 0 Å². The second kappa shape index (κ2) is 4.71. The largest absolute Gasteiger partial charge is 0.389 e. The van der Waals surface area contributed by atoms with Crippen molar-refractivity contribution < 1.29 is 5.11 Å². The van der Waals surface area contributed by atoms with Crippen LogP contribution >= 0.6 is 0 Å². The van der Waals surface area contributed by atoms with Gasteiger partial charge in [-0.2, -0.15) is 0 Å². The molecule has 116 valence electrons. The van der Waals surface area contributed by atoms with Gasteiger partial charge in [0.1, 0.15) is 0 Å². The zero-order valence-electron chi connectivity index (χ0n) is 13.8. The minimum absolute atomic E-state index is 0.394. The summed E-state index contributed by atoms with van der Waals surface area (Å²) in [4.78, 5) is 0. The summed E-state index contributed by atoms with van der Waals surface area (Å²) >= 11 is 0. The van der Waals surface area contributed by atoms with Crippen LogP contribution in [0.5, 0.6) is 0 Å². The third-order valence-electron chi connectivity index (χ3n) is 7.11. The van der Waals surface area contributed by atoms with E-state index in [1.165, 1.54) is 32.1 Å². The second-order valence-corrected chi connectivity index (χ2v) is 9.14. The third kappa shape index (κ3) is 2.33. The summed E-state index contributed by atoms with van der Waals surface area (Å²) in [5.41, 5.74) is 0.415. The number of nitrogens with one attached hydrogen (secondary N) is 1. The van der Waals surface area contributed by atoms with E-state index in [4.69, 9.17) is 0 Å². The van der Waals surface area contributed by atoms with E-state index in [1.807, 2.05) is 0 Å². The average molecular weight is 279 g/mol. The summed E-state index contributed by atoms with van der Waals surface area (Å²) in [7, 11) is 0. The molecule has 3 atom stereocenters. The van der Waals surface area contributed by atoms with E-state index in [0.29, 0.717) is 16.9 Å². The van der Waals surface area contributed by atoms with Crippen molar-refractivity contribution in [3.63, 3.8) is 0 Å². The molecular weight excluding hydrogens is 246 g/mol. The van der Waals surface area contributed by atoms with Gasteiger partial charge in [0.05, 0.1) is 5.60 Å². The van der Waals surface area contributed by atoms with Gasteiger partial charge in [0.2, 0.25) is 0 Å². The van der Waals surface area contributed by atoms with Gasteiger partial charge in [0.25, 0.3) is 0 Å². The SMILES string of the molecule is CC1CCC(O)(CNC2C(C)(C)[C@H]3CC[C@]2(C)C3)CC1. The molecule has 0 saturated heterocycles. The molecule has 0 spiro atoms. The molecule has 0 heterocycles. The summed E-state index contributed by atoms with van der Waals surface area (Å²) in [6.45, 7) is 10.5. The number of aliphatic hydroxyl groups is 1. The molecule has 1 unspecified atom stereocenters. The van der Waals surface area contributed by atoms with Gasteiger partial charge in [-0.15, -0.1) is 0 Å². The summed E-state index contributed by atoms with van der Waals surface area (Å²) in [6.07, 6.45) is 8.49. The lowest BCUT2D eigenvalue weighted by atomic mass is 9.68. The van der Waals surface area contributed by atoms with Gasteiger partial charge in [0.15, 0.2) is 0 Å². The van der Waals surface area contributed by atoms with Crippen molar-refractivity contribution in [1.82, 2.24) is 5.32 Å². The molecular formula is C18H33NO. The fraction of sp³-hybridized carbons (Fsp3) is 1.00. The van der Waals surface area contributed by atoms with E-state index in [9.17, 15) is 5.11 Å². The first-order valence-electron chi connectivity index (χ1n) is 8.71. The summed E-state index contributed by atoms with van der Waals surface area (Å²) in [5, 5.41) is 14.6. The number of hydrogen-bond donors (Lipinski definition) is 2. The topological polar surface area (TPSA) is 32.3 Å². The van der Waals surface area contributed by atoms with Crippen molar-refractivity contribution in [3.05, 3.63) is 0 Å². The summed E-state index contributed by atoms with van der Waals surface area (Å²) < 4.78 is 0. The minimum Gasteiger partial charge on any atom is -0.389 e. The lowest BCUT2D eigenvalue weighted by molar-refractivity contribution is -0.0182. The Morgan fingerprint density at radius 1 is 1.05 bits per heavy atom. The Balaban J connectivity index is 1.63. The fourth-order valence-corrected chi connectivity index (χ4v) is 5.58. The van der Waals surface area contributed by atoms with Gasteiger partial charge in [-0.1, -0.05) is 27.7 Å². The molecule has 3 fully saturated rings. The van der Waals surface area contributed by atoms with Crippen LogP contribution in [-0.2, 0) is 0 Å². The number of fused-ring (bicyclic) bond motifs is 2. The first kappa shape index (κ1) is 14.8. The Morgan fingerprint density at radius 3 is 2.25 bits per heavy atom. The Bertz CT molecular complexity index is 365. The molecule has 2 nitrogen and oxygen atoms in total. The van der Waals surface area contributed by atoms with Crippen LogP contribution in [0, 0.1) is 22.7 Å². The van der Waals surface area contributed by atoms with E-state index in [1.54, 1.807) is 0 Å². The fourth-order valence-electron chi connectivity index (χ4n) is 5.58. The van der Waals surface area contributed by atoms with Crippen LogP contribution in [0.2, 0.25) is 0 Å². The molecule has 3 aliphatic carbocycles. The van der Waals surface area contributed by atoms with Gasteiger partial charge < -0.3 is 10.4 Å². The molecule has 20 heavy (non-hydrogen) atoms. The first-order valence-corrected chi connectivity index (χ1v) is 8.71. The molecule has 3 saturated carbocycles. The highest BCUT2D eigenvalue weighted by atomic mass is 16.3. The molecule has 3 aliphatic rings. The minimum atomic E-state index is -0.444. The Morgan fingerprint density at radius 2 is 1.70 bits per heavy atom. The van der Waals surface area contributed by atoms with Gasteiger partial charge >= 0.3 is 0 Å². The van der Waals surface area contributed by atoms with Crippen molar-refractivity contribution in [2.45, 2.75) is 84.3 Å². The third-order valence-corrected chi connectivity index (χ3v) is 7.11. The van der Waals surface area contributed by atoms with Crippen LogP contribution in [0.1, 0.15) is 72.6 Å². The van der Waals surface area contributed by atoms with E-state index < -0.39 is 5.60 Å². The van der Waals surface area contributed by atoms with Crippen LogP contribution in [-0.4, -0.2) is 23.3 Å². The van der Waals surface area contributed by atoms with Crippen LogP contribution in [0.15, 0.2) is 0 Å². The van der Waals surface area contributed by atoms with Crippen molar-refractivity contribution in [2.24, 2.45) is 22.7 Å². The number of rotatable bonds is 3. The monoisotopic (exact) mass is 279 g/mol. The molecule has 0 aromatic carbocycles. The first-order chi connectivity index (χ1) is 9.25. The highest BCUT2D eigenvalue weighted by Gasteiger charge is 2.59. The summed E-state index contributed by atoms with van der Waals surface area (Å²) in [6, 6.07) is 0.581. The van der Waals surface area contributed by atoms with E-state index >= 15 is 0 Å². The maximum Gasteiger partial charge on any atom is 0.0771 e. The molecule has 0 radical (unpaired) electrons. The zero-order valence-corrected chi connectivity index (χ0v) is 13.8. The van der Waals surface area contributed by atoms with Crippen LogP contribution < -0.4 is 5.32 Å². The Labute approximate surface area is 124 Å². The van der Waals surface area contributed by atoms with Crippen LogP contribution in [0.4, 0.5) is 0 Å². The highest BCUT2D eigenvalue weighted by Crippen LogP contribution is 2.62. The van der Waals surface area contributed by atoms with E-state index in [-0.39, 0.29) is 0 Å². The van der Waals surface area contributed by atoms with Gasteiger partial charge in [-0.25, -0.2) is 0 Å². The molecule has 0 aliphatic heterocycles. The predicted molar refractivity (Wildman–Crippen MR) is 83.6 cm³/mol. The Kier molecular flexibility index (Phi) is 3.49. The molecule has 0 amide bonds. The predicted octanol–water partition coefficient (Wildman–Crippen LogP) is 3.73. The molecule has 3 rings (SSSR count). The Hall–Kier alpha value is -0.0800. The zero-order chi connectivity index (χ0) is 14.6. The van der Waals surface area contributed by atoms with Crippen LogP contribution in [0.25, 0.3) is 0 Å². The maximum atomic E-state index is 10.8. The molecule has 0 aromatic rings. The maximum absolute atomic E-state index is 10.8. The van der Waals surface area contributed by atoms with Crippen molar-refractivity contribution in [3.8, 4) is 0 Å². The standard InChI is InChI=1S/C18H33NO/c1-13-5-9-18(20,10-6-13)12-19-15-16(2,3)14-7-8-17(15,4)11-14/h13-15,19-20H,5-12H2,1-4H3/t13?,14-,15?,17+,18?/m0/s1. The lowest BCUT2D eigenvalue weighted by Gasteiger charge is -2.45. The smallest absolute Gasteiger partial charge is 0.0771 e. The number of hydrogen-bond acceptors (Lipinski definition) is 2. The van der Waals surface area contributed by atoms with Crippen molar-refractivity contribution in [2.75, 3.05) is 6.54 Å². The lowest BCUT2D eigenvalue weighted by Crippen LogP contribution is -2.55. The summed E-state index contributed by atoms with van der Waals surface area (Å²) in [5.74, 6) is 1.68. The molecule has 0 aromatic heterocycles. The average Bonchev–Trinajstić information content (AvgIpc) is 2.84. The normalized spacial score (nSPS) is 50.5. The highest BCUT2D eigenvalue weighted by molar-refractivity contribution is 5.12. The van der Waals surface area contributed by atoms with Crippen molar-refractivity contribution in [1.29, 1.82) is 0 Å². The quantitative estimate of drug-likeness (QED) is 0.825. The van der Waals surface area contributed by atoms with Gasteiger partial charge in [-0.05, 0) is 67.6 Å².